The Kier molecular flexibility index (Phi) is 2.47. The Morgan fingerprint density at radius 3 is 2.71 bits per heavy atom. The number of hydrogen-bond donors (Lipinski definition) is 0. The van der Waals surface area contributed by atoms with Crippen molar-refractivity contribution in [3.8, 4) is 0 Å². The molecule has 0 saturated heterocycles. The maximum atomic E-state index is 12.5. The average Bonchev–Trinajstić information content (AvgIpc) is 2.89. The number of hydrogen-bond acceptors (Lipinski definition) is 1. The maximum absolute atomic E-state index is 12.5. The fraction of sp³-hybridized carbons (Fsp3) is 0.312. The van der Waals surface area contributed by atoms with Crippen molar-refractivity contribution in [1.29, 1.82) is 0 Å². The highest BCUT2D eigenvalue weighted by Gasteiger charge is 2.37. The van der Waals surface area contributed by atoms with Crippen molar-refractivity contribution in [2.75, 3.05) is 0 Å². The highest BCUT2D eigenvalue weighted by molar-refractivity contribution is 6.27. The Labute approximate surface area is 102 Å². The van der Waals surface area contributed by atoms with E-state index in [9.17, 15) is 4.79 Å². The van der Waals surface area contributed by atoms with E-state index in [1.807, 2.05) is 30.3 Å². The van der Waals surface area contributed by atoms with Crippen LogP contribution in [0.3, 0.4) is 0 Å². The summed E-state index contributed by atoms with van der Waals surface area (Å²) in [6.07, 6.45) is 5.33. The summed E-state index contributed by atoms with van der Waals surface area (Å²) in [4.78, 5) is 12.5. The number of fused-ring (bicyclic) bond motifs is 1. The van der Waals surface area contributed by atoms with Crippen LogP contribution < -0.4 is 0 Å². The fourth-order valence-corrected chi connectivity index (χ4v) is 3.05. The molecule has 1 nitrogen and oxygen atoms in total. The lowest BCUT2D eigenvalue weighted by Crippen LogP contribution is -2.10. The topological polar surface area (TPSA) is 17.1 Å². The van der Waals surface area contributed by atoms with Gasteiger partial charge in [-0.25, -0.2) is 0 Å². The van der Waals surface area contributed by atoms with Gasteiger partial charge >= 0.3 is 0 Å². The second-order valence-corrected chi connectivity index (χ2v) is 4.74. The number of carbonyl (C=O) groups is 1. The Balaban J connectivity index is 2.13. The van der Waals surface area contributed by atoms with E-state index in [2.05, 4.69) is 13.0 Å². The van der Waals surface area contributed by atoms with Gasteiger partial charge in [-0.05, 0) is 36.0 Å². The van der Waals surface area contributed by atoms with Crippen LogP contribution in [0, 0.1) is 5.92 Å². The van der Waals surface area contributed by atoms with Crippen LogP contribution in [-0.4, -0.2) is 5.78 Å². The number of ketones is 1. The molecule has 2 aliphatic carbocycles. The minimum Gasteiger partial charge on any atom is -0.293 e. The van der Waals surface area contributed by atoms with E-state index in [1.165, 1.54) is 11.1 Å². The van der Waals surface area contributed by atoms with Crippen LogP contribution in [0.1, 0.15) is 31.7 Å². The van der Waals surface area contributed by atoms with Gasteiger partial charge in [0, 0.05) is 11.5 Å². The van der Waals surface area contributed by atoms with Crippen LogP contribution in [0.4, 0.5) is 0 Å². The lowest BCUT2D eigenvalue weighted by Gasteiger charge is -2.07. The normalized spacial score (nSPS) is 23.0. The standard InChI is InChI=1S/C16H16O/c1-2-12-13-9-6-10-14(13)15(16(12)17)11-7-4-3-5-8-11/h3-5,7-9,12H,2,6,10H2,1H3. The second kappa shape index (κ2) is 3.99. The maximum Gasteiger partial charge on any atom is 0.171 e. The van der Waals surface area contributed by atoms with Crippen LogP contribution in [0.15, 0.2) is 47.6 Å². The minimum absolute atomic E-state index is 0.128. The van der Waals surface area contributed by atoms with Gasteiger partial charge in [-0.2, -0.15) is 0 Å². The van der Waals surface area contributed by atoms with Gasteiger partial charge in [0.2, 0.25) is 0 Å². The quantitative estimate of drug-likeness (QED) is 0.747. The van der Waals surface area contributed by atoms with Crippen molar-refractivity contribution in [2.45, 2.75) is 26.2 Å². The molecule has 3 rings (SSSR count). The summed E-state index contributed by atoms with van der Waals surface area (Å²) in [5, 5.41) is 0. The monoisotopic (exact) mass is 224 g/mol. The molecule has 1 aromatic rings. The first-order valence-electron chi connectivity index (χ1n) is 6.36. The lowest BCUT2D eigenvalue weighted by molar-refractivity contribution is -0.115. The predicted octanol–water partition coefficient (Wildman–Crippen LogP) is 3.77. The molecule has 1 unspecified atom stereocenters. The predicted molar refractivity (Wildman–Crippen MR) is 69.5 cm³/mol. The van der Waals surface area contributed by atoms with Crippen LogP contribution in [-0.2, 0) is 4.79 Å². The highest BCUT2D eigenvalue weighted by Crippen LogP contribution is 2.45. The average molecular weight is 224 g/mol. The van der Waals surface area contributed by atoms with Gasteiger partial charge in [-0.15, -0.1) is 0 Å². The second-order valence-electron chi connectivity index (χ2n) is 4.74. The van der Waals surface area contributed by atoms with Gasteiger partial charge in [-0.3, -0.25) is 4.79 Å². The van der Waals surface area contributed by atoms with E-state index in [-0.39, 0.29) is 5.92 Å². The van der Waals surface area contributed by atoms with Gasteiger partial charge in [-0.1, -0.05) is 43.3 Å². The third kappa shape index (κ3) is 1.49. The summed E-state index contributed by atoms with van der Waals surface area (Å²) in [5.41, 5.74) is 4.71. The molecule has 2 aliphatic rings. The Bertz CT molecular complexity index is 520. The zero-order valence-electron chi connectivity index (χ0n) is 10.1. The van der Waals surface area contributed by atoms with E-state index in [1.54, 1.807) is 0 Å². The molecule has 0 spiro atoms. The molecule has 0 aliphatic heterocycles. The number of rotatable bonds is 2. The molecule has 0 radical (unpaired) electrons. The molecule has 0 saturated carbocycles. The van der Waals surface area contributed by atoms with Crippen molar-refractivity contribution in [2.24, 2.45) is 5.92 Å². The number of benzene rings is 1. The summed E-state index contributed by atoms with van der Waals surface area (Å²) in [7, 11) is 0. The SMILES string of the molecule is CCC1C(=O)C(c2ccccc2)=C2CCC=C21. The summed E-state index contributed by atoms with van der Waals surface area (Å²) in [6.45, 7) is 2.10. The molecule has 0 N–H and O–H groups in total. The molecular formula is C16H16O. The van der Waals surface area contributed by atoms with Crippen LogP contribution >= 0.6 is 0 Å². The molecular weight excluding hydrogens is 208 g/mol. The summed E-state index contributed by atoms with van der Waals surface area (Å²) in [5.74, 6) is 0.461. The molecule has 0 heterocycles. The number of allylic oxidation sites excluding steroid dienone is 4. The Morgan fingerprint density at radius 1 is 1.24 bits per heavy atom. The van der Waals surface area contributed by atoms with Gasteiger partial charge < -0.3 is 0 Å². The Hall–Kier alpha value is -1.63. The van der Waals surface area contributed by atoms with Crippen molar-refractivity contribution in [3.05, 3.63) is 53.1 Å². The zero-order valence-corrected chi connectivity index (χ0v) is 10.1. The third-order valence-electron chi connectivity index (χ3n) is 3.82. The first kappa shape index (κ1) is 10.5. The van der Waals surface area contributed by atoms with Crippen LogP contribution in [0.25, 0.3) is 5.57 Å². The molecule has 0 fully saturated rings. The molecule has 1 atom stereocenters. The largest absolute Gasteiger partial charge is 0.293 e. The zero-order chi connectivity index (χ0) is 11.8. The van der Waals surface area contributed by atoms with Crippen molar-refractivity contribution in [1.82, 2.24) is 0 Å². The van der Waals surface area contributed by atoms with E-state index in [4.69, 9.17) is 0 Å². The molecule has 1 aromatic carbocycles. The molecule has 0 bridgehead atoms. The van der Waals surface area contributed by atoms with E-state index in [0.29, 0.717) is 5.78 Å². The molecule has 86 valence electrons. The van der Waals surface area contributed by atoms with Crippen molar-refractivity contribution >= 4 is 11.4 Å². The first-order chi connectivity index (χ1) is 8.33. The lowest BCUT2D eigenvalue weighted by atomic mass is 9.95. The van der Waals surface area contributed by atoms with Crippen molar-refractivity contribution in [3.63, 3.8) is 0 Å². The van der Waals surface area contributed by atoms with Gasteiger partial charge in [0.05, 0.1) is 0 Å². The van der Waals surface area contributed by atoms with Crippen LogP contribution in [0.2, 0.25) is 0 Å². The van der Waals surface area contributed by atoms with E-state index < -0.39 is 0 Å². The third-order valence-corrected chi connectivity index (χ3v) is 3.82. The van der Waals surface area contributed by atoms with Crippen LogP contribution in [0.5, 0.6) is 0 Å². The molecule has 1 heteroatoms. The van der Waals surface area contributed by atoms with Gasteiger partial charge in [0.1, 0.15) is 0 Å². The van der Waals surface area contributed by atoms with E-state index in [0.717, 1.165) is 30.4 Å². The first-order valence-corrected chi connectivity index (χ1v) is 6.36. The number of Topliss-reactive ketones (excluding diaryl/α,β-unsaturated/α-hetero) is 1. The fourth-order valence-electron chi connectivity index (χ4n) is 3.05. The smallest absolute Gasteiger partial charge is 0.171 e. The van der Waals surface area contributed by atoms with E-state index >= 15 is 0 Å². The summed E-state index contributed by atoms with van der Waals surface area (Å²) >= 11 is 0. The van der Waals surface area contributed by atoms with Gasteiger partial charge in [0.25, 0.3) is 0 Å². The molecule has 0 aromatic heterocycles. The highest BCUT2D eigenvalue weighted by atomic mass is 16.1. The number of carbonyl (C=O) groups excluding carboxylic acids is 1. The van der Waals surface area contributed by atoms with Crippen molar-refractivity contribution < 1.29 is 4.79 Å². The molecule has 0 amide bonds. The molecule has 17 heavy (non-hydrogen) atoms. The van der Waals surface area contributed by atoms with Gasteiger partial charge in [0.15, 0.2) is 5.78 Å². The summed E-state index contributed by atoms with van der Waals surface area (Å²) in [6, 6.07) is 10.1. The Morgan fingerprint density at radius 2 is 2.00 bits per heavy atom. The minimum atomic E-state index is 0.128. The summed E-state index contributed by atoms with van der Waals surface area (Å²) < 4.78 is 0.